The molecule has 0 saturated carbocycles. The van der Waals surface area contributed by atoms with Crippen LogP contribution in [0.1, 0.15) is 21.6 Å². The van der Waals surface area contributed by atoms with E-state index in [0.29, 0.717) is 10.8 Å². The number of benzene rings is 1. The average molecular weight is 414 g/mol. The number of nitrogens with one attached hydrogen (secondary N) is 1. The number of carbonyl (C=O) groups excluding carboxylic acids is 2. The first-order valence-corrected chi connectivity index (χ1v) is 8.62. The lowest BCUT2D eigenvalue weighted by Gasteiger charge is -2.20. The largest absolute Gasteiger partial charge is 0.483 e. The van der Waals surface area contributed by atoms with E-state index in [2.05, 4.69) is 10.3 Å². The first kappa shape index (κ1) is 19.9. The SMILES string of the molecule is O=C(NCCN1Cc2cc(Cl)ccc2OCC1=O)c1ccc(C(F)(F)F)nc1. The van der Waals surface area contributed by atoms with Crippen molar-refractivity contribution in [3.8, 4) is 5.75 Å². The van der Waals surface area contributed by atoms with E-state index < -0.39 is 17.8 Å². The second-order valence-electron chi connectivity index (χ2n) is 6.04. The summed E-state index contributed by atoms with van der Waals surface area (Å²) in [4.78, 5) is 29.0. The van der Waals surface area contributed by atoms with E-state index in [1.807, 2.05) is 0 Å². The molecule has 2 aromatic rings. The molecule has 0 spiro atoms. The predicted molar refractivity (Wildman–Crippen MR) is 93.9 cm³/mol. The molecule has 3 rings (SSSR count). The van der Waals surface area contributed by atoms with Crippen LogP contribution in [0.15, 0.2) is 36.5 Å². The highest BCUT2D eigenvalue weighted by molar-refractivity contribution is 6.30. The Labute approximate surface area is 163 Å². The highest BCUT2D eigenvalue weighted by Gasteiger charge is 2.32. The molecule has 0 unspecified atom stereocenters. The van der Waals surface area contributed by atoms with Crippen molar-refractivity contribution >= 4 is 23.4 Å². The molecule has 6 nitrogen and oxygen atoms in total. The molecule has 0 aliphatic carbocycles. The van der Waals surface area contributed by atoms with Crippen molar-refractivity contribution in [1.29, 1.82) is 0 Å². The molecule has 1 aliphatic rings. The number of ether oxygens (including phenoxy) is 1. The fraction of sp³-hybridized carbons (Fsp3) is 0.278. The van der Waals surface area contributed by atoms with Crippen LogP contribution < -0.4 is 10.1 Å². The molecule has 10 heteroatoms. The maximum absolute atomic E-state index is 12.5. The molecule has 1 aromatic carbocycles. The maximum atomic E-state index is 12.5. The summed E-state index contributed by atoms with van der Waals surface area (Å²) in [5.74, 6) is -0.263. The topological polar surface area (TPSA) is 71.5 Å². The van der Waals surface area contributed by atoms with Gasteiger partial charge in [0, 0.05) is 36.4 Å². The average Bonchev–Trinajstić information content (AvgIpc) is 2.80. The highest BCUT2D eigenvalue weighted by Crippen LogP contribution is 2.27. The van der Waals surface area contributed by atoms with Gasteiger partial charge in [0.25, 0.3) is 11.8 Å². The smallest absolute Gasteiger partial charge is 0.433 e. The summed E-state index contributed by atoms with van der Waals surface area (Å²) in [6, 6.07) is 6.85. The molecule has 1 N–H and O–H groups in total. The molecule has 0 bridgehead atoms. The van der Waals surface area contributed by atoms with Gasteiger partial charge in [0.1, 0.15) is 11.4 Å². The van der Waals surface area contributed by atoms with Crippen LogP contribution in [0.3, 0.4) is 0 Å². The van der Waals surface area contributed by atoms with Crippen LogP contribution in [-0.4, -0.2) is 41.4 Å². The summed E-state index contributed by atoms with van der Waals surface area (Å²) >= 11 is 5.97. The Balaban J connectivity index is 1.58. The van der Waals surface area contributed by atoms with Crippen LogP contribution in [-0.2, 0) is 17.5 Å². The monoisotopic (exact) mass is 413 g/mol. The second kappa shape index (κ2) is 8.05. The minimum absolute atomic E-state index is 0.00402. The standard InChI is InChI=1S/C18H15ClF3N3O3/c19-13-2-3-14-12(7-13)9-25(16(26)10-28-14)6-5-23-17(27)11-1-4-15(24-8-11)18(20,21)22/h1-4,7-8H,5-6,9-10H2,(H,23,27). The van der Waals surface area contributed by atoms with Crippen molar-refractivity contribution in [3.05, 3.63) is 58.4 Å². The molecule has 0 atom stereocenters. The molecule has 2 heterocycles. The van der Waals surface area contributed by atoms with Gasteiger partial charge in [-0.05, 0) is 30.3 Å². The Kier molecular flexibility index (Phi) is 5.73. The lowest BCUT2D eigenvalue weighted by atomic mass is 10.2. The molecular weight excluding hydrogens is 399 g/mol. The van der Waals surface area contributed by atoms with Crippen molar-refractivity contribution in [2.24, 2.45) is 0 Å². The van der Waals surface area contributed by atoms with E-state index in [1.165, 1.54) is 4.90 Å². The highest BCUT2D eigenvalue weighted by atomic mass is 35.5. The number of amides is 2. The Morgan fingerprint density at radius 1 is 1.29 bits per heavy atom. The third-order valence-corrected chi connectivity index (χ3v) is 4.31. The van der Waals surface area contributed by atoms with Gasteiger partial charge in [-0.2, -0.15) is 13.2 Å². The van der Waals surface area contributed by atoms with Crippen LogP contribution in [0.2, 0.25) is 5.02 Å². The Bertz CT molecular complexity index is 888. The predicted octanol–water partition coefficient (Wildman–Crippen LogP) is 2.90. The van der Waals surface area contributed by atoms with Crippen molar-refractivity contribution in [2.45, 2.75) is 12.7 Å². The van der Waals surface area contributed by atoms with Crippen molar-refractivity contribution in [3.63, 3.8) is 0 Å². The molecular formula is C18H15ClF3N3O3. The van der Waals surface area contributed by atoms with Gasteiger partial charge >= 0.3 is 6.18 Å². The van der Waals surface area contributed by atoms with Gasteiger partial charge in [0.15, 0.2) is 6.61 Å². The third kappa shape index (κ3) is 4.72. The van der Waals surface area contributed by atoms with E-state index in [1.54, 1.807) is 18.2 Å². The summed E-state index contributed by atoms with van der Waals surface area (Å²) in [5.41, 5.74) is -0.330. The summed E-state index contributed by atoms with van der Waals surface area (Å²) in [6.07, 6.45) is -3.70. The lowest BCUT2D eigenvalue weighted by molar-refractivity contribution is -0.141. The van der Waals surface area contributed by atoms with Crippen LogP contribution in [0.4, 0.5) is 13.2 Å². The zero-order valence-corrected chi connectivity index (χ0v) is 15.2. The minimum Gasteiger partial charge on any atom is -0.483 e. The van der Waals surface area contributed by atoms with Gasteiger partial charge in [0.05, 0.1) is 5.56 Å². The molecule has 2 amide bonds. The fourth-order valence-corrected chi connectivity index (χ4v) is 2.84. The van der Waals surface area contributed by atoms with Crippen LogP contribution >= 0.6 is 11.6 Å². The van der Waals surface area contributed by atoms with Gasteiger partial charge < -0.3 is 15.0 Å². The molecule has 28 heavy (non-hydrogen) atoms. The number of fused-ring (bicyclic) bond motifs is 1. The van der Waals surface area contributed by atoms with Crippen molar-refractivity contribution in [1.82, 2.24) is 15.2 Å². The molecule has 148 valence electrons. The number of hydrogen-bond acceptors (Lipinski definition) is 4. The number of halogens is 4. The van der Waals surface area contributed by atoms with Crippen LogP contribution in [0.25, 0.3) is 0 Å². The van der Waals surface area contributed by atoms with E-state index in [4.69, 9.17) is 16.3 Å². The summed E-state index contributed by atoms with van der Waals surface area (Å²) in [5, 5.41) is 3.07. The zero-order chi connectivity index (χ0) is 20.3. The number of hydrogen-bond donors (Lipinski definition) is 1. The van der Waals surface area contributed by atoms with Gasteiger partial charge in [-0.1, -0.05) is 11.6 Å². The number of aromatic nitrogens is 1. The Hall–Kier alpha value is -2.81. The lowest BCUT2D eigenvalue weighted by Crippen LogP contribution is -2.39. The van der Waals surface area contributed by atoms with Crippen molar-refractivity contribution in [2.75, 3.05) is 19.7 Å². The molecule has 0 saturated heterocycles. The first-order chi connectivity index (χ1) is 13.2. The van der Waals surface area contributed by atoms with Gasteiger partial charge in [0.2, 0.25) is 0 Å². The van der Waals surface area contributed by atoms with Gasteiger partial charge in [-0.25, -0.2) is 0 Å². The molecule has 1 aliphatic heterocycles. The van der Waals surface area contributed by atoms with Gasteiger partial charge in [-0.3, -0.25) is 14.6 Å². The summed E-state index contributed by atoms with van der Waals surface area (Å²) < 4.78 is 43.0. The van der Waals surface area contributed by atoms with Crippen LogP contribution in [0.5, 0.6) is 5.75 Å². The van der Waals surface area contributed by atoms with E-state index in [0.717, 1.165) is 23.9 Å². The molecule has 0 fully saturated rings. The normalized spacial score (nSPS) is 14.1. The summed E-state index contributed by atoms with van der Waals surface area (Å²) in [6.45, 7) is 0.452. The number of nitrogens with zero attached hydrogens (tertiary/aromatic N) is 2. The molecule has 0 radical (unpaired) electrons. The van der Waals surface area contributed by atoms with Crippen molar-refractivity contribution < 1.29 is 27.5 Å². The Morgan fingerprint density at radius 2 is 2.07 bits per heavy atom. The molecule has 1 aromatic heterocycles. The number of alkyl halides is 3. The maximum Gasteiger partial charge on any atom is 0.433 e. The second-order valence-corrected chi connectivity index (χ2v) is 6.48. The quantitative estimate of drug-likeness (QED) is 0.836. The number of rotatable bonds is 4. The van der Waals surface area contributed by atoms with E-state index in [-0.39, 0.29) is 37.7 Å². The van der Waals surface area contributed by atoms with Gasteiger partial charge in [-0.15, -0.1) is 0 Å². The van der Waals surface area contributed by atoms with E-state index in [9.17, 15) is 22.8 Å². The van der Waals surface area contributed by atoms with Crippen LogP contribution in [0, 0.1) is 0 Å². The minimum atomic E-state index is -4.57. The first-order valence-electron chi connectivity index (χ1n) is 8.24. The number of carbonyl (C=O) groups is 2. The number of pyridine rings is 1. The summed E-state index contributed by atoms with van der Waals surface area (Å²) in [7, 11) is 0. The van der Waals surface area contributed by atoms with E-state index >= 15 is 0 Å². The third-order valence-electron chi connectivity index (χ3n) is 4.07. The Morgan fingerprint density at radius 3 is 2.75 bits per heavy atom. The fourth-order valence-electron chi connectivity index (χ4n) is 2.64. The zero-order valence-electron chi connectivity index (χ0n) is 14.4.